The van der Waals surface area contributed by atoms with Gasteiger partial charge in [0.25, 0.3) is 0 Å². The van der Waals surface area contributed by atoms with Crippen molar-refractivity contribution in [3.8, 4) is 17.3 Å². The minimum Gasteiger partial charge on any atom is -0.375 e. The van der Waals surface area contributed by atoms with Crippen molar-refractivity contribution in [2.24, 2.45) is 0 Å². The van der Waals surface area contributed by atoms with Crippen LogP contribution in [0, 0.1) is 23.1 Å². The minimum atomic E-state index is -0.658. The van der Waals surface area contributed by atoms with Crippen molar-refractivity contribution in [3.05, 3.63) is 41.2 Å². The molecule has 0 saturated carbocycles. The van der Waals surface area contributed by atoms with Crippen molar-refractivity contribution in [2.45, 2.75) is 6.04 Å². The summed E-state index contributed by atoms with van der Waals surface area (Å²) in [6.07, 6.45) is 3.31. The number of thiazole rings is 1. The highest BCUT2D eigenvalue weighted by atomic mass is 35.5. The Morgan fingerprint density at radius 1 is 1.27 bits per heavy atom. The number of anilines is 2. The van der Waals surface area contributed by atoms with E-state index in [0.29, 0.717) is 29.9 Å². The van der Waals surface area contributed by atoms with Crippen molar-refractivity contribution in [2.75, 3.05) is 24.1 Å². The van der Waals surface area contributed by atoms with Crippen LogP contribution in [0.15, 0.2) is 24.5 Å². The molecule has 0 aliphatic carbocycles. The fraction of sp³-hybridized carbons (Fsp3) is 0.158. The van der Waals surface area contributed by atoms with Gasteiger partial charge in [0.2, 0.25) is 0 Å². The van der Waals surface area contributed by atoms with E-state index in [1.807, 2.05) is 0 Å². The van der Waals surface area contributed by atoms with Crippen LogP contribution in [0.4, 0.5) is 19.7 Å². The second-order valence-corrected chi connectivity index (χ2v) is 8.27. The van der Waals surface area contributed by atoms with E-state index in [9.17, 15) is 4.39 Å². The number of nitrogens with one attached hydrogen (secondary N) is 1. The number of hydrogen-bond donors (Lipinski definition) is 2. The van der Waals surface area contributed by atoms with Crippen LogP contribution in [0.3, 0.4) is 0 Å². The Morgan fingerprint density at radius 3 is 2.83 bits per heavy atom. The molecule has 0 spiro atoms. The molecule has 3 N–H and O–H groups in total. The van der Waals surface area contributed by atoms with Crippen LogP contribution in [-0.4, -0.2) is 39.0 Å². The van der Waals surface area contributed by atoms with Crippen LogP contribution < -0.4 is 11.1 Å². The van der Waals surface area contributed by atoms with Crippen LogP contribution in [0.2, 0.25) is 5.02 Å². The van der Waals surface area contributed by atoms with Crippen molar-refractivity contribution in [1.29, 1.82) is 5.26 Å². The fourth-order valence-corrected chi connectivity index (χ4v) is 4.59. The van der Waals surface area contributed by atoms with Gasteiger partial charge in [-0.15, -0.1) is 0 Å². The van der Waals surface area contributed by atoms with E-state index in [2.05, 4.69) is 26.5 Å². The zero-order valence-electron chi connectivity index (χ0n) is 15.2. The summed E-state index contributed by atoms with van der Waals surface area (Å²) in [5.74, 6) is -0.715. The molecule has 2 aromatic heterocycles. The summed E-state index contributed by atoms with van der Waals surface area (Å²) in [5, 5.41) is 12.8. The van der Waals surface area contributed by atoms with Gasteiger partial charge >= 0.3 is 0 Å². The van der Waals surface area contributed by atoms with Crippen molar-refractivity contribution >= 4 is 55.0 Å². The van der Waals surface area contributed by atoms with Gasteiger partial charge < -0.3 is 16.0 Å². The summed E-state index contributed by atoms with van der Waals surface area (Å²) >= 11 is 7.45. The van der Waals surface area contributed by atoms with Gasteiger partial charge in [0, 0.05) is 16.5 Å². The van der Waals surface area contributed by atoms with Gasteiger partial charge in [-0.3, -0.25) is 0 Å². The third-order valence-electron chi connectivity index (χ3n) is 4.97. The zero-order valence-corrected chi connectivity index (χ0v) is 16.7. The molecule has 1 aliphatic rings. The average molecular weight is 444 g/mol. The summed E-state index contributed by atoms with van der Waals surface area (Å²) < 4.78 is 30.0. The largest absolute Gasteiger partial charge is 0.375 e. The van der Waals surface area contributed by atoms with Gasteiger partial charge in [-0.05, 0) is 18.2 Å². The maximum absolute atomic E-state index is 15.6. The Kier molecular flexibility index (Phi) is 4.30. The Morgan fingerprint density at radius 2 is 2.07 bits per heavy atom. The minimum absolute atomic E-state index is 0.0129. The molecule has 150 valence electrons. The fourth-order valence-electron chi connectivity index (χ4n) is 3.53. The molecule has 1 aliphatic heterocycles. The molecule has 7 nitrogen and oxygen atoms in total. The van der Waals surface area contributed by atoms with E-state index in [4.69, 9.17) is 22.6 Å². The van der Waals surface area contributed by atoms with E-state index in [1.165, 1.54) is 18.5 Å². The van der Waals surface area contributed by atoms with E-state index in [1.54, 1.807) is 11.0 Å². The van der Waals surface area contributed by atoms with Crippen LogP contribution in [0.25, 0.3) is 32.2 Å². The first-order valence-electron chi connectivity index (χ1n) is 8.85. The molecule has 1 saturated heterocycles. The van der Waals surface area contributed by atoms with Crippen molar-refractivity contribution in [1.82, 2.24) is 19.9 Å². The third kappa shape index (κ3) is 2.86. The zero-order chi connectivity index (χ0) is 21.0. The maximum Gasteiger partial charge on any atom is 0.181 e. The first-order valence-corrected chi connectivity index (χ1v) is 10.0. The maximum atomic E-state index is 15.6. The Bertz CT molecular complexity index is 1360. The number of halogens is 3. The quantitative estimate of drug-likeness (QED) is 0.461. The molecule has 30 heavy (non-hydrogen) atoms. The number of nitrogens with two attached hydrogens (primary N) is 1. The summed E-state index contributed by atoms with van der Waals surface area (Å²) in [5.41, 5.74) is 6.47. The molecular weight excluding hydrogens is 432 g/mol. The normalized spacial score (nSPS) is 14.1. The smallest absolute Gasteiger partial charge is 0.181 e. The predicted molar refractivity (Wildman–Crippen MR) is 112 cm³/mol. The Hall–Kier alpha value is -3.29. The highest BCUT2D eigenvalue weighted by molar-refractivity contribution is 7.22. The lowest BCUT2D eigenvalue weighted by molar-refractivity contribution is 0.249. The van der Waals surface area contributed by atoms with Gasteiger partial charge in [-0.1, -0.05) is 22.9 Å². The number of aromatic nitrogens is 3. The molecule has 0 radical (unpaired) electrons. The monoisotopic (exact) mass is 443 g/mol. The van der Waals surface area contributed by atoms with Gasteiger partial charge in [0.05, 0.1) is 34.4 Å². The number of rotatable bonds is 3. The van der Waals surface area contributed by atoms with Crippen LogP contribution in [0.5, 0.6) is 0 Å². The second kappa shape index (κ2) is 6.90. The number of hydrogen-bond acceptors (Lipinski definition) is 8. The lowest BCUT2D eigenvalue weighted by Gasteiger charge is -2.35. The number of nitrogens with zero attached hydrogens (tertiary/aromatic N) is 5. The van der Waals surface area contributed by atoms with E-state index < -0.39 is 11.6 Å². The lowest BCUT2D eigenvalue weighted by Crippen LogP contribution is -2.52. The highest BCUT2D eigenvalue weighted by Crippen LogP contribution is 2.41. The average Bonchev–Trinajstić information content (AvgIpc) is 3.09. The molecular formula is C19H12ClF2N7S. The number of likely N-dealkylation sites (tertiary alicyclic amines) is 1. The van der Waals surface area contributed by atoms with E-state index >= 15 is 4.39 Å². The lowest BCUT2D eigenvalue weighted by atomic mass is 10.0. The third-order valence-corrected chi connectivity index (χ3v) is 6.16. The molecule has 2 aromatic carbocycles. The summed E-state index contributed by atoms with van der Waals surface area (Å²) in [7, 11) is 0. The highest BCUT2D eigenvalue weighted by Gasteiger charge is 2.27. The molecule has 0 unspecified atom stereocenters. The molecule has 3 heterocycles. The molecule has 11 heteroatoms. The SMILES string of the molecule is N#CN1CC(Nc2ncnc3c(F)c(-c4ccc(F)c5sc(N)nc45)c(Cl)cc23)C1. The molecule has 5 rings (SSSR count). The second-order valence-electron chi connectivity index (χ2n) is 6.84. The Labute approximate surface area is 177 Å². The topological polar surface area (TPSA) is 104 Å². The van der Waals surface area contributed by atoms with Crippen LogP contribution in [0.1, 0.15) is 0 Å². The first-order chi connectivity index (χ1) is 14.5. The summed E-state index contributed by atoms with van der Waals surface area (Å²) in [4.78, 5) is 14.0. The summed E-state index contributed by atoms with van der Waals surface area (Å²) in [6.45, 7) is 1.07. The molecule has 1 fully saturated rings. The number of benzene rings is 2. The van der Waals surface area contributed by atoms with Crippen LogP contribution >= 0.6 is 22.9 Å². The summed E-state index contributed by atoms with van der Waals surface area (Å²) in [6, 6.07) is 4.25. The molecule has 0 amide bonds. The Balaban J connectivity index is 1.65. The molecule has 0 atom stereocenters. The van der Waals surface area contributed by atoms with Gasteiger partial charge in [-0.2, -0.15) is 5.26 Å². The van der Waals surface area contributed by atoms with Gasteiger partial charge in [-0.25, -0.2) is 23.7 Å². The van der Waals surface area contributed by atoms with E-state index in [-0.39, 0.29) is 37.5 Å². The number of nitrogen functional groups attached to an aromatic ring is 1. The van der Waals surface area contributed by atoms with Crippen molar-refractivity contribution < 1.29 is 8.78 Å². The first kappa shape index (κ1) is 18.7. The van der Waals surface area contributed by atoms with Crippen LogP contribution in [-0.2, 0) is 0 Å². The number of fused-ring (bicyclic) bond motifs is 2. The van der Waals surface area contributed by atoms with E-state index in [0.717, 1.165) is 11.3 Å². The van der Waals surface area contributed by atoms with Crippen molar-refractivity contribution in [3.63, 3.8) is 0 Å². The van der Waals surface area contributed by atoms with Gasteiger partial charge in [0.15, 0.2) is 17.1 Å². The molecule has 0 bridgehead atoms. The predicted octanol–water partition coefficient (Wildman–Crippen LogP) is 4.00. The number of nitriles is 1. The van der Waals surface area contributed by atoms with Gasteiger partial charge in [0.1, 0.15) is 23.5 Å². The molecule has 4 aromatic rings. The standard InChI is InChI=1S/C19H12ClF2N7S/c20-11-3-10-15(25-7-26-18(10)27-8-4-29(5-8)6-23)14(22)13(11)9-1-2-12(21)17-16(9)28-19(24)30-17/h1-3,7-8H,4-5H2,(H2,24,28)(H,25,26,27).